The van der Waals surface area contributed by atoms with Gasteiger partial charge in [-0.25, -0.2) is 0 Å². The Labute approximate surface area is 59.1 Å². The van der Waals surface area contributed by atoms with Gasteiger partial charge in [0.1, 0.15) is 0 Å². The van der Waals surface area contributed by atoms with E-state index in [4.69, 9.17) is 0 Å². The number of hydrogen-bond acceptors (Lipinski definition) is 2. The zero-order chi connectivity index (χ0) is 7.72. The molecule has 0 aromatic carbocycles. The molecule has 0 bridgehead atoms. The normalized spacial score (nSPS) is 17.6. The van der Waals surface area contributed by atoms with E-state index >= 15 is 0 Å². The van der Waals surface area contributed by atoms with E-state index < -0.39 is 0 Å². The molecule has 0 saturated heterocycles. The molecule has 3 nitrogen and oxygen atoms in total. The summed E-state index contributed by atoms with van der Waals surface area (Å²) in [5.41, 5.74) is 1.18. The number of carbonyl (C=O) groups is 2. The molecule has 1 aliphatic rings. The Bertz CT molecular complexity index is 228. The zero-order valence-electron chi connectivity index (χ0n) is 6.02. The van der Waals surface area contributed by atoms with Crippen molar-refractivity contribution >= 4 is 11.7 Å². The Morgan fingerprint density at radius 2 is 2.20 bits per heavy atom. The van der Waals surface area contributed by atoms with Crippen molar-refractivity contribution in [3.63, 3.8) is 0 Å². The first-order valence-electron chi connectivity index (χ1n) is 3.12. The zero-order valence-corrected chi connectivity index (χ0v) is 6.02. The summed E-state index contributed by atoms with van der Waals surface area (Å²) in [6, 6.07) is 0. The lowest BCUT2D eigenvalue weighted by Crippen LogP contribution is -2.17. The number of hydrogen-bond donors (Lipinski definition) is 1. The van der Waals surface area contributed by atoms with Crippen LogP contribution in [0.5, 0.6) is 0 Å². The molecule has 0 aromatic rings. The highest BCUT2D eigenvalue weighted by Gasteiger charge is 2.20. The van der Waals surface area contributed by atoms with Crippen molar-refractivity contribution in [3.8, 4) is 0 Å². The third-order valence-electron chi connectivity index (χ3n) is 1.64. The highest BCUT2D eigenvalue weighted by molar-refractivity contribution is 6.08. The summed E-state index contributed by atoms with van der Waals surface area (Å²) in [7, 11) is 0. The molecule has 0 saturated carbocycles. The van der Waals surface area contributed by atoms with Crippen LogP contribution < -0.4 is 5.32 Å². The van der Waals surface area contributed by atoms with E-state index in [1.807, 2.05) is 0 Å². The fourth-order valence-electron chi connectivity index (χ4n) is 0.959. The Hall–Kier alpha value is -1.12. The Morgan fingerprint density at radius 3 is 2.40 bits per heavy atom. The molecule has 0 atom stereocenters. The van der Waals surface area contributed by atoms with Crippen LogP contribution in [0.4, 0.5) is 0 Å². The Balaban J connectivity index is 2.96. The van der Waals surface area contributed by atoms with Crippen LogP contribution in [0.1, 0.15) is 13.8 Å². The van der Waals surface area contributed by atoms with Crippen molar-refractivity contribution in [1.29, 1.82) is 0 Å². The first kappa shape index (κ1) is 6.99. The molecule has 0 fully saturated rings. The molecule has 54 valence electrons. The van der Waals surface area contributed by atoms with E-state index in [-0.39, 0.29) is 11.7 Å². The number of nitrogens with one attached hydrogen (secondary N) is 1. The summed E-state index contributed by atoms with van der Waals surface area (Å²) in [4.78, 5) is 21.5. The third kappa shape index (κ3) is 0.943. The van der Waals surface area contributed by atoms with E-state index in [1.165, 1.54) is 6.92 Å². The van der Waals surface area contributed by atoms with Gasteiger partial charge in [0, 0.05) is 17.7 Å². The Kier molecular flexibility index (Phi) is 1.57. The van der Waals surface area contributed by atoms with E-state index in [9.17, 15) is 9.59 Å². The number of amides is 1. The smallest absolute Gasteiger partial charge is 0.247 e. The fraction of sp³-hybridized carbons (Fsp3) is 0.429. The molecule has 1 N–H and O–H groups in total. The van der Waals surface area contributed by atoms with Crippen LogP contribution in [0.3, 0.4) is 0 Å². The largest absolute Gasteiger partial charge is 0.348 e. The van der Waals surface area contributed by atoms with Gasteiger partial charge < -0.3 is 5.32 Å². The monoisotopic (exact) mass is 139 g/mol. The summed E-state index contributed by atoms with van der Waals surface area (Å²) in [6.07, 6.45) is 0. The van der Waals surface area contributed by atoms with Gasteiger partial charge in [-0.05, 0) is 13.8 Å². The molecule has 1 rings (SSSR count). The summed E-state index contributed by atoms with van der Waals surface area (Å²) < 4.78 is 0. The van der Waals surface area contributed by atoms with Crippen molar-refractivity contribution < 1.29 is 9.59 Å². The molecule has 10 heavy (non-hydrogen) atoms. The minimum atomic E-state index is -0.120. The lowest BCUT2D eigenvalue weighted by molar-refractivity contribution is -0.116. The Morgan fingerprint density at radius 1 is 1.60 bits per heavy atom. The summed E-state index contributed by atoms with van der Waals surface area (Å²) in [5, 5.41) is 2.57. The quantitative estimate of drug-likeness (QED) is 0.556. The molecule has 0 radical (unpaired) electrons. The van der Waals surface area contributed by atoms with Gasteiger partial charge in [-0.15, -0.1) is 0 Å². The van der Waals surface area contributed by atoms with E-state index in [0.29, 0.717) is 17.7 Å². The molecule has 0 spiro atoms. The van der Waals surface area contributed by atoms with Crippen LogP contribution in [-0.4, -0.2) is 18.2 Å². The molecular formula is C7H9NO2. The van der Waals surface area contributed by atoms with Gasteiger partial charge in [-0.2, -0.15) is 0 Å². The molecule has 0 aromatic heterocycles. The van der Waals surface area contributed by atoms with Gasteiger partial charge in [-0.1, -0.05) is 0 Å². The maximum Gasteiger partial charge on any atom is 0.247 e. The first-order valence-corrected chi connectivity index (χ1v) is 3.12. The lowest BCUT2D eigenvalue weighted by atomic mass is 10.1. The second-order valence-corrected chi connectivity index (χ2v) is 2.34. The van der Waals surface area contributed by atoms with Gasteiger partial charge in [-0.3, -0.25) is 9.59 Å². The van der Waals surface area contributed by atoms with Gasteiger partial charge in [0.25, 0.3) is 0 Å². The average Bonchev–Trinajstić information content (AvgIpc) is 2.14. The van der Waals surface area contributed by atoms with Crippen LogP contribution in [0.15, 0.2) is 11.1 Å². The first-order chi connectivity index (χ1) is 4.63. The topological polar surface area (TPSA) is 46.2 Å². The van der Waals surface area contributed by atoms with Crippen molar-refractivity contribution in [2.24, 2.45) is 0 Å². The highest BCUT2D eigenvalue weighted by Crippen LogP contribution is 2.10. The number of carbonyl (C=O) groups excluding carboxylic acids is 2. The molecule has 0 aliphatic carbocycles. The van der Waals surface area contributed by atoms with Crippen molar-refractivity contribution in [2.45, 2.75) is 13.8 Å². The van der Waals surface area contributed by atoms with E-state index in [1.54, 1.807) is 6.92 Å². The summed E-state index contributed by atoms with van der Waals surface area (Å²) in [5.74, 6) is -0.138. The summed E-state index contributed by atoms with van der Waals surface area (Å²) in [6.45, 7) is 3.54. The maximum absolute atomic E-state index is 10.8. The number of ketones is 1. The average molecular weight is 139 g/mol. The molecule has 3 heteroatoms. The highest BCUT2D eigenvalue weighted by atomic mass is 16.2. The molecular weight excluding hydrogens is 130 g/mol. The van der Waals surface area contributed by atoms with Crippen LogP contribution in [0, 0.1) is 0 Å². The molecule has 1 amide bonds. The standard InChI is InChI=1S/C7H9NO2/c1-4-6(5(2)9)3-8-7(4)10/h3H2,1-2H3,(H,8,10). The minimum absolute atomic E-state index is 0.0177. The molecule has 1 heterocycles. The second kappa shape index (κ2) is 2.25. The maximum atomic E-state index is 10.8. The third-order valence-corrected chi connectivity index (χ3v) is 1.64. The van der Waals surface area contributed by atoms with Crippen LogP contribution in [-0.2, 0) is 9.59 Å². The fourth-order valence-corrected chi connectivity index (χ4v) is 0.959. The number of rotatable bonds is 1. The van der Waals surface area contributed by atoms with Crippen LogP contribution in [0.2, 0.25) is 0 Å². The van der Waals surface area contributed by atoms with Gasteiger partial charge in [0.05, 0.1) is 0 Å². The van der Waals surface area contributed by atoms with Crippen molar-refractivity contribution in [1.82, 2.24) is 5.32 Å². The molecule has 1 aliphatic heterocycles. The van der Waals surface area contributed by atoms with Gasteiger partial charge in [0.2, 0.25) is 5.91 Å². The predicted octanol–water partition coefficient (Wildman–Crippen LogP) is 0.0217. The predicted molar refractivity (Wildman–Crippen MR) is 36.4 cm³/mol. The second-order valence-electron chi connectivity index (χ2n) is 2.34. The van der Waals surface area contributed by atoms with Crippen LogP contribution in [0.25, 0.3) is 0 Å². The van der Waals surface area contributed by atoms with Gasteiger partial charge in [0.15, 0.2) is 5.78 Å². The minimum Gasteiger partial charge on any atom is -0.348 e. The SMILES string of the molecule is CC(=O)C1=C(C)C(=O)NC1. The van der Waals surface area contributed by atoms with Crippen molar-refractivity contribution in [2.75, 3.05) is 6.54 Å². The number of Topliss-reactive ketones (excluding diaryl/α,β-unsaturated/α-hetero) is 1. The van der Waals surface area contributed by atoms with E-state index in [2.05, 4.69) is 5.32 Å². The van der Waals surface area contributed by atoms with Gasteiger partial charge >= 0.3 is 0 Å². The summed E-state index contributed by atoms with van der Waals surface area (Å²) >= 11 is 0. The van der Waals surface area contributed by atoms with E-state index in [0.717, 1.165) is 0 Å². The lowest BCUT2D eigenvalue weighted by Gasteiger charge is -1.91. The van der Waals surface area contributed by atoms with Crippen LogP contribution >= 0.6 is 0 Å². The molecule has 0 unspecified atom stereocenters. The van der Waals surface area contributed by atoms with Crippen molar-refractivity contribution in [3.05, 3.63) is 11.1 Å².